The lowest BCUT2D eigenvalue weighted by molar-refractivity contribution is 0.0995. The topological polar surface area (TPSA) is 77.9 Å². The molecular weight excluding hydrogens is 426 g/mol. The first-order valence-corrected chi connectivity index (χ1v) is 9.90. The molecule has 1 heterocycles. The Kier molecular flexibility index (Phi) is 7.21. The lowest BCUT2D eigenvalue weighted by Crippen LogP contribution is -2.40. The van der Waals surface area contributed by atoms with Gasteiger partial charge in [-0.3, -0.25) is 4.79 Å². The van der Waals surface area contributed by atoms with Crippen molar-refractivity contribution >= 4 is 41.3 Å². The number of nitrogens with zero attached hydrogens (tertiary/aromatic N) is 4. The first-order valence-electron chi connectivity index (χ1n) is 9.52. The van der Waals surface area contributed by atoms with Crippen LogP contribution in [-0.2, 0) is 0 Å². The minimum absolute atomic E-state index is 0.126. The largest absolute Gasteiger partial charge is 0.334 e. The molecule has 7 nitrogen and oxygen atoms in total. The molecule has 0 bridgehead atoms. The molecule has 0 fully saturated rings. The highest BCUT2D eigenvalue weighted by molar-refractivity contribution is 6.31. The molecule has 160 valence electrons. The molecular formula is C24H20ClN5O2. The van der Waals surface area contributed by atoms with Gasteiger partial charge in [-0.1, -0.05) is 35.7 Å². The summed E-state index contributed by atoms with van der Waals surface area (Å²) in [6, 6.07) is 15.8. The molecule has 0 unspecified atom stereocenters. The Morgan fingerprint density at radius 3 is 2.47 bits per heavy atom. The molecule has 0 aliphatic rings. The number of aromatic nitrogens is 1. The summed E-state index contributed by atoms with van der Waals surface area (Å²) in [7, 11) is 3.64. The Morgan fingerprint density at radius 1 is 1.12 bits per heavy atom. The fourth-order valence-corrected chi connectivity index (χ4v) is 2.86. The zero-order valence-electron chi connectivity index (χ0n) is 17.5. The van der Waals surface area contributed by atoms with E-state index in [2.05, 4.69) is 21.3 Å². The van der Waals surface area contributed by atoms with Crippen LogP contribution in [0.3, 0.4) is 0 Å². The van der Waals surface area contributed by atoms with E-state index >= 15 is 0 Å². The molecule has 32 heavy (non-hydrogen) atoms. The van der Waals surface area contributed by atoms with E-state index in [1.54, 1.807) is 59.8 Å². The van der Waals surface area contributed by atoms with Gasteiger partial charge in [0.15, 0.2) is 0 Å². The van der Waals surface area contributed by atoms with Gasteiger partial charge < -0.3 is 10.3 Å². The summed E-state index contributed by atoms with van der Waals surface area (Å²) >= 11 is 6.03. The molecule has 0 atom stereocenters. The maximum absolute atomic E-state index is 13.2. The molecule has 1 aromatic heterocycles. The predicted octanol–water partition coefficient (Wildman–Crippen LogP) is 4.49. The van der Waals surface area contributed by atoms with Gasteiger partial charge in [0.05, 0.1) is 6.21 Å². The van der Waals surface area contributed by atoms with Crippen LogP contribution in [0.5, 0.6) is 0 Å². The van der Waals surface area contributed by atoms with Gasteiger partial charge in [0, 0.05) is 42.1 Å². The first kappa shape index (κ1) is 22.5. The molecule has 0 aliphatic heterocycles. The Balaban J connectivity index is 1.89. The number of nitrogens with one attached hydrogen (secondary N) is 1. The van der Waals surface area contributed by atoms with Crippen molar-refractivity contribution in [3.8, 4) is 12.3 Å². The third-order valence-corrected chi connectivity index (χ3v) is 4.46. The SMILES string of the molecule is C#Cc1ccc(N(C(=O)Nc2ccc(C=NN(C)C)cc2)C(=O)c2cccc(Cl)c2)nc1. The fourth-order valence-electron chi connectivity index (χ4n) is 2.67. The maximum Gasteiger partial charge on any atom is 0.334 e. The van der Waals surface area contributed by atoms with Crippen molar-refractivity contribution in [2.24, 2.45) is 5.10 Å². The molecule has 2 aromatic carbocycles. The third-order valence-electron chi connectivity index (χ3n) is 4.22. The second kappa shape index (κ2) is 10.2. The van der Waals surface area contributed by atoms with E-state index in [0.717, 1.165) is 10.5 Å². The Hall–Kier alpha value is -4.15. The number of urea groups is 1. The van der Waals surface area contributed by atoms with Crippen LogP contribution < -0.4 is 10.2 Å². The standard InChI is InChI=1S/C24H20ClN5O2/c1-4-17-10-13-22(26-15-17)30(23(31)19-6-5-7-20(25)14-19)24(32)28-21-11-8-18(9-12-21)16-27-29(2)3/h1,5-16H,2-3H3,(H,28,32). The van der Waals surface area contributed by atoms with E-state index in [-0.39, 0.29) is 11.4 Å². The number of carbonyl (C=O) groups excluding carboxylic acids is 2. The van der Waals surface area contributed by atoms with Crippen LogP contribution in [-0.4, -0.2) is 42.2 Å². The Labute approximate surface area is 191 Å². The number of amides is 3. The monoisotopic (exact) mass is 445 g/mol. The van der Waals surface area contributed by atoms with Crippen LogP contribution in [0.4, 0.5) is 16.3 Å². The summed E-state index contributed by atoms with van der Waals surface area (Å²) in [5, 5.41) is 8.94. The van der Waals surface area contributed by atoms with E-state index < -0.39 is 11.9 Å². The molecule has 0 aliphatic carbocycles. The van der Waals surface area contributed by atoms with Crippen LogP contribution in [0.15, 0.2) is 72.0 Å². The summed E-state index contributed by atoms with van der Waals surface area (Å²) in [5.41, 5.74) is 2.13. The lowest BCUT2D eigenvalue weighted by atomic mass is 10.2. The van der Waals surface area contributed by atoms with E-state index in [1.165, 1.54) is 18.3 Å². The van der Waals surface area contributed by atoms with Gasteiger partial charge in [0.1, 0.15) is 5.82 Å². The highest BCUT2D eigenvalue weighted by Gasteiger charge is 2.26. The molecule has 1 N–H and O–H groups in total. The van der Waals surface area contributed by atoms with Gasteiger partial charge in [-0.05, 0) is 48.0 Å². The Bertz CT molecular complexity index is 1180. The lowest BCUT2D eigenvalue weighted by Gasteiger charge is -2.21. The average molecular weight is 446 g/mol. The molecule has 0 radical (unpaired) electrons. The average Bonchev–Trinajstić information content (AvgIpc) is 2.79. The number of hydrazone groups is 1. The number of hydrogen-bond donors (Lipinski definition) is 1. The number of benzene rings is 2. The number of rotatable bonds is 5. The summed E-state index contributed by atoms with van der Waals surface area (Å²) < 4.78 is 0. The maximum atomic E-state index is 13.2. The third kappa shape index (κ3) is 5.72. The molecule has 3 rings (SSSR count). The van der Waals surface area contributed by atoms with Gasteiger partial charge in [-0.25, -0.2) is 14.7 Å². The van der Waals surface area contributed by atoms with Gasteiger partial charge in [0.25, 0.3) is 5.91 Å². The van der Waals surface area contributed by atoms with Crippen LogP contribution in [0.2, 0.25) is 5.02 Å². The van der Waals surface area contributed by atoms with Crippen LogP contribution in [0.25, 0.3) is 0 Å². The predicted molar refractivity (Wildman–Crippen MR) is 127 cm³/mol. The number of imide groups is 1. The Morgan fingerprint density at radius 2 is 1.88 bits per heavy atom. The minimum Gasteiger partial charge on any atom is -0.307 e. The zero-order chi connectivity index (χ0) is 23.1. The first-order chi connectivity index (χ1) is 15.4. The summed E-state index contributed by atoms with van der Waals surface area (Å²) in [4.78, 5) is 31.4. The second-order valence-electron chi connectivity index (χ2n) is 6.84. The fraction of sp³-hybridized carbons (Fsp3) is 0.0833. The minimum atomic E-state index is -0.675. The highest BCUT2D eigenvalue weighted by atomic mass is 35.5. The summed E-state index contributed by atoms with van der Waals surface area (Å²) in [6.07, 6.45) is 8.49. The molecule has 0 spiro atoms. The molecule has 0 saturated heterocycles. The van der Waals surface area contributed by atoms with Crippen molar-refractivity contribution < 1.29 is 9.59 Å². The molecule has 3 amide bonds. The quantitative estimate of drug-likeness (QED) is 0.356. The van der Waals surface area contributed by atoms with Gasteiger partial charge in [0.2, 0.25) is 0 Å². The van der Waals surface area contributed by atoms with Crippen molar-refractivity contribution in [3.63, 3.8) is 0 Å². The molecule has 0 saturated carbocycles. The van der Waals surface area contributed by atoms with Gasteiger partial charge >= 0.3 is 6.03 Å². The van der Waals surface area contributed by atoms with Gasteiger partial charge in [-0.15, -0.1) is 6.42 Å². The van der Waals surface area contributed by atoms with E-state index in [4.69, 9.17) is 18.0 Å². The molecule has 3 aromatic rings. The number of anilines is 2. The summed E-state index contributed by atoms with van der Waals surface area (Å²) in [5.74, 6) is 2.00. The van der Waals surface area contributed by atoms with Crippen molar-refractivity contribution in [2.45, 2.75) is 0 Å². The zero-order valence-corrected chi connectivity index (χ0v) is 18.2. The van der Waals surface area contributed by atoms with Crippen molar-refractivity contribution in [1.29, 1.82) is 0 Å². The van der Waals surface area contributed by atoms with Gasteiger partial charge in [-0.2, -0.15) is 5.10 Å². The van der Waals surface area contributed by atoms with Crippen molar-refractivity contribution in [3.05, 3.63) is 88.6 Å². The number of terminal acetylenes is 1. The van der Waals surface area contributed by atoms with Crippen LogP contribution >= 0.6 is 11.6 Å². The number of pyridine rings is 1. The normalized spacial score (nSPS) is 10.4. The van der Waals surface area contributed by atoms with Crippen molar-refractivity contribution in [1.82, 2.24) is 9.99 Å². The summed E-state index contributed by atoms with van der Waals surface area (Å²) in [6.45, 7) is 0. The smallest absolute Gasteiger partial charge is 0.307 e. The van der Waals surface area contributed by atoms with Crippen molar-refractivity contribution in [2.75, 3.05) is 24.3 Å². The molecule has 8 heteroatoms. The number of halogens is 1. The van der Waals surface area contributed by atoms with E-state index in [0.29, 0.717) is 16.3 Å². The number of hydrogen-bond acceptors (Lipinski definition) is 5. The number of carbonyl (C=O) groups is 2. The van der Waals surface area contributed by atoms with E-state index in [9.17, 15) is 9.59 Å². The van der Waals surface area contributed by atoms with E-state index in [1.807, 2.05) is 14.1 Å². The highest BCUT2D eigenvalue weighted by Crippen LogP contribution is 2.20. The van der Waals surface area contributed by atoms with Crippen LogP contribution in [0, 0.1) is 12.3 Å². The second-order valence-corrected chi connectivity index (χ2v) is 7.28. The van der Waals surface area contributed by atoms with Crippen LogP contribution in [0.1, 0.15) is 21.5 Å².